The van der Waals surface area contributed by atoms with E-state index in [0.29, 0.717) is 28.5 Å². The molecule has 0 saturated heterocycles. The zero-order chi connectivity index (χ0) is 26.9. The lowest BCUT2D eigenvalue weighted by Crippen LogP contribution is -2.42. The average molecular weight is 512 g/mol. The Balaban J connectivity index is 1.47. The Labute approximate surface area is 218 Å². The van der Waals surface area contributed by atoms with Gasteiger partial charge in [0, 0.05) is 18.2 Å². The van der Waals surface area contributed by atoms with Crippen LogP contribution >= 0.6 is 0 Å². The van der Waals surface area contributed by atoms with E-state index in [9.17, 15) is 10.1 Å². The molecule has 1 aliphatic carbocycles. The summed E-state index contributed by atoms with van der Waals surface area (Å²) in [6.45, 7) is 3.85. The summed E-state index contributed by atoms with van der Waals surface area (Å²) in [5.74, 6) is 0.365. The van der Waals surface area contributed by atoms with Crippen molar-refractivity contribution in [3.63, 3.8) is 0 Å². The van der Waals surface area contributed by atoms with Gasteiger partial charge in [0.2, 0.25) is 0 Å². The summed E-state index contributed by atoms with van der Waals surface area (Å²) in [5, 5.41) is 17.3. The van der Waals surface area contributed by atoms with Crippen LogP contribution in [0.3, 0.4) is 0 Å². The number of carbonyl (C=O) groups excluding carboxylic acids is 1. The van der Waals surface area contributed by atoms with E-state index in [2.05, 4.69) is 15.3 Å². The number of nitrogens with two attached hydrogens (primary N) is 1. The number of nitrogen functional groups attached to an aromatic ring is 1. The Morgan fingerprint density at radius 1 is 1.24 bits per heavy atom. The molecule has 2 heterocycles. The molecule has 192 valence electrons. The maximum Gasteiger partial charge on any atom is 0.261 e. The first-order chi connectivity index (χ1) is 18.3. The molecule has 0 atom stereocenters. The molecule has 1 amide bonds. The van der Waals surface area contributed by atoms with E-state index in [4.69, 9.17) is 15.6 Å². The second kappa shape index (κ2) is 9.94. The van der Waals surface area contributed by atoms with Crippen molar-refractivity contribution in [3.05, 3.63) is 72.3 Å². The van der Waals surface area contributed by atoms with Crippen LogP contribution in [-0.2, 0) is 10.3 Å². The van der Waals surface area contributed by atoms with Crippen LogP contribution in [0.15, 0.2) is 66.5 Å². The summed E-state index contributed by atoms with van der Waals surface area (Å²) < 4.78 is 22.7. The van der Waals surface area contributed by atoms with Crippen molar-refractivity contribution in [3.8, 4) is 28.8 Å². The van der Waals surface area contributed by atoms with Crippen LogP contribution in [0.5, 0.6) is 11.5 Å². The van der Waals surface area contributed by atoms with Crippen LogP contribution in [0.4, 0.5) is 10.2 Å². The van der Waals surface area contributed by atoms with Crippen LogP contribution in [0.2, 0.25) is 0 Å². The lowest BCUT2D eigenvalue weighted by atomic mass is 10.1. The average Bonchev–Trinajstić information content (AvgIpc) is 3.64. The van der Waals surface area contributed by atoms with Crippen molar-refractivity contribution in [2.45, 2.75) is 32.2 Å². The van der Waals surface area contributed by atoms with Gasteiger partial charge < -0.3 is 15.8 Å². The molecule has 4 aromatic rings. The van der Waals surface area contributed by atoms with Crippen LogP contribution in [0, 0.1) is 23.1 Å². The third-order valence-electron chi connectivity index (χ3n) is 6.31. The number of nitrogens with one attached hydrogen (secondary N) is 1. The van der Waals surface area contributed by atoms with Gasteiger partial charge in [-0.25, -0.2) is 19.0 Å². The SMILES string of the molecule is CC(C)(CNC(=O)C(C#N)=CC1CC1)n1nc(-c2ccc(Oc3ccccc3)cc2F)c2c(N)ncnc21. The molecule has 9 nitrogen and oxygen atoms in total. The minimum atomic E-state index is -0.806. The molecular weight excluding hydrogens is 485 g/mol. The molecule has 0 unspecified atom stereocenters. The minimum absolute atomic E-state index is 0.0979. The quantitative estimate of drug-likeness (QED) is 0.258. The van der Waals surface area contributed by atoms with Gasteiger partial charge in [-0.3, -0.25) is 4.79 Å². The van der Waals surface area contributed by atoms with Gasteiger partial charge in [0.05, 0.1) is 10.9 Å². The second-order valence-corrected chi connectivity index (χ2v) is 9.80. The molecule has 38 heavy (non-hydrogen) atoms. The predicted octanol–water partition coefficient (Wildman–Crippen LogP) is 4.72. The summed E-state index contributed by atoms with van der Waals surface area (Å²) >= 11 is 0. The highest BCUT2D eigenvalue weighted by molar-refractivity contribution is 5.99. The highest BCUT2D eigenvalue weighted by Gasteiger charge is 2.30. The number of rotatable bonds is 8. The summed E-state index contributed by atoms with van der Waals surface area (Å²) in [7, 11) is 0. The molecule has 0 bridgehead atoms. The van der Waals surface area contributed by atoms with E-state index in [-0.39, 0.29) is 29.2 Å². The monoisotopic (exact) mass is 511 g/mol. The lowest BCUT2D eigenvalue weighted by Gasteiger charge is -2.26. The maximum absolute atomic E-state index is 15.4. The molecule has 10 heteroatoms. The first kappa shape index (κ1) is 24.9. The van der Waals surface area contributed by atoms with Gasteiger partial charge in [-0.05, 0) is 56.9 Å². The lowest BCUT2D eigenvalue weighted by molar-refractivity contribution is -0.117. The van der Waals surface area contributed by atoms with E-state index in [1.54, 1.807) is 35.0 Å². The molecular formula is C28H26FN7O2. The number of hydrogen-bond donors (Lipinski definition) is 2. The topological polar surface area (TPSA) is 132 Å². The number of fused-ring (bicyclic) bond motifs is 1. The van der Waals surface area contributed by atoms with Gasteiger partial charge >= 0.3 is 0 Å². The summed E-state index contributed by atoms with van der Waals surface area (Å²) in [4.78, 5) is 21.1. The number of aromatic nitrogens is 4. The first-order valence-corrected chi connectivity index (χ1v) is 12.2. The van der Waals surface area contributed by atoms with Crippen molar-refractivity contribution >= 4 is 22.8 Å². The number of nitriles is 1. The Morgan fingerprint density at radius 3 is 2.68 bits per heavy atom. The number of ether oxygens (including phenoxy) is 1. The fourth-order valence-electron chi connectivity index (χ4n) is 4.09. The number of benzene rings is 2. The van der Waals surface area contributed by atoms with E-state index >= 15 is 4.39 Å². The minimum Gasteiger partial charge on any atom is -0.457 e. The van der Waals surface area contributed by atoms with E-state index in [1.807, 2.05) is 38.1 Å². The highest BCUT2D eigenvalue weighted by atomic mass is 19.1. The first-order valence-electron chi connectivity index (χ1n) is 12.2. The van der Waals surface area contributed by atoms with Crippen LogP contribution in [0.25, 0.3) is 22.3 Å². The molecule has 0 aliphatic heterocycles. The van der Waals surface area contributed by atoms with Crippen molar-refractivity contribution in [2.24, 2.45) is 5.92 Å². The summed E-state index contributed by atoms with van der Waals surface area (Å²) in [6.07, 6.45) is 5.01. The summed E-state index contributed by atoms with van der Waals surface area (Å²) in [6, 6.07) is 15.6. The van der Waals surface area contributed by atoms with E-state index in [0.717, 1.165) is 12.8 Å². The number of nitrogens with zero attached hydrogens (tertiary/aromatic N) is 5. The van der Waals surface area contributed by atoms with Gasteiger partial charge in [0.15, 0.2) is 5.65 Å². The number of carbonyl (C=O) groups is 1. The van der Waals surface area contributed by atoms with Crippen molar-refractivity contribution in [2.75, 3.05) is 12.3 Å². The molecule has 1 saturated carbocycles. The maximum atomic E-state index is 15.4. The molecule has 0 spiro atoms. The Kier molecular flexibility index (Phi) is 6.51. The third-order valence-corrected chi connectivity index (χ3v) is 6.31. The number of halogens is 1. The number of anilines is 1. The molecule has 3 N–H and O–H groups in total. The third kappa shape index (κ3) is 5.04. The Bertz CT molecular complexity index is 1580. The van der Waals surface area contributed by atoms with Crippen LogP contribution in [0.1, 0.15) is 26.7 Å². The Morgan fingerprint density at radius 2 is 2.00 bits per heavy atom. The predicted molar refractivity (Wildman–Crippen MR) is 140 cm³/mol. The van der Waals surface area contributed by atoms with E-state index < -0.39 is 17.3 Å². The van der Waals surface area contributed by atoms with Crippen molar-refractivity contribution in [1.29, 1.82) is 5.26 Å². The van der Waals surface area contributed by atoms with Crippen LogP contribution in [-0.4, -0.2) is 32.2 Å². The van der Waals surface area contributed by atoms with Gasteiger partial charge in [0.25, 0.3) is 5.91 Å². The van der Waals surface area contributed by atoms with Crippen molar-refractivity contribution < 1.29 is 13.9 Å². The molecule has 1 aliphatic rings. The van der Waals surface area contributed by atoms with Gasteiger partial charge in [-0.15, -0.1) is 0 Å². The smallest absolute Gasteiger partial charge is 0.261 e. The molecule has 0 radical (unpaired) electrons. The highest BCUT2D eigenvalue weighted by Crippen LogP contribution is 2.36. The number of para-hydroxylation sites is 1. The Hall–Kier alpha value is -4.78. The van der Waals surface area contributed by atoms with Gasteiger partial charge in [0.1, 0.15) is 46.8 Å². The fourth-order valence-corrected chi connectivity index (χ4v) is 4.09. The van der Waals surface area contributed by atoms with Crippen molar-refractivity contribution in [1.82, 2.24) is 25.1 Å². The molecule has 5 rings (SSSR count). The van der Waals surface area contributed by atoms with E-state index in [1.165, 1.54) is 12.4 Å². The fraction of sp³-hybridized carbons (Fsp3) is 0.250. The van der Waals surface area contributed by atoms with Gasteiger partial charge in [-0.2, -0.15) is 10.4 Å². The summed E-state index contributed by atoms with van der Waals surface area (Å²) in [5.41, 5.74) is 6.36. The standard InChI is InChI=1S/C28H26FN7O2/c1-28(2,15-32-27(37)18(14-30)12-17-8-9-17)36-26-23(25(31)33-16-34-26)24(35-36)21-11-10-20(13-22(21)29)38-19-6-4-3-5-7-19/h3-7,10-13,16-17H,8-9,15H2,1-2H3,(H,32,37)(H2,31,33,34). The van der Waals surface area contributed by atoms with Gasteiger partial charge in [-0.1, -0.05) is 24.3 Å². The normalized spacial score (nSPS) is 13.8. The number of allylic oxidation sites excluding steroid dienone is 1. The zero-order valence-electron chi connectivity index (χ0n) is 21.0. The number of hydrogen-bond acceptors (Lipinski definition) is 7. The molecule has 2 aromatic carbocycles. The zero-order valence-corrected chi connectivity index (χ0v) is 21.0. The largest absolute Gasteiger partial charge is 0.457 e. The number of amides is 1. The second-order valence-electron chi connectivity index (χ2n) is 9.80. The van der Waals surface area contributed by atoms with Crippen LogP contribution < -0.4 is 15.8 Å². The molecule has 1 fully saturated rings. The molecule has 2 aromatic heterocycles.